The Hall–Kier alpha value is -3.24. The second-order valence-electron chi connectivity index (χ2n) is 10.0. The Morgan fingerprint density at radius 1 is 1.07 bits per heavy atom. The minimum Gasteiger partial charge on any atom is -0.379 e. The van der Waals surface area contributed by atoms with Crippen LogP contribution in [0.15, 0.2) is 54.6 Å². The molecule has 3 N–H and O–H groups in total. The number of morpholine rings is 1. The summed E-state index contributed by atoms with van der Waals surface area (Å²) in [5.41, 5.74) is 0.0826. The standard InChI is InChI=1S/C29H28Cl2F2N4O3/c1-17(37-7-9-40-10-8-37)16-34-27(38)21-13-23(32)24(33)14-25(21)36-29(15-18-3-2-4-19(30)11-18)22-6-5-20(31)12-26(22)35-28(29)39/h2-6,11-14,17,36H,7-10,15-16H2,1H3,(H,34,38)(H,35,39). The van der Waals surface area contributed by atoms with Gasteiger partial charge in [-0.3, -0.25) is 14.5 Å². The number of carbonyl (C=O) groups is 2. The molecule has 210 valence electrons. The maximum atomic E-state index is 14.6. The molecule has 0 aromatic heterocycles. The molecule has 0 aliphatic carbocycles. The molecule has 0 spiro atoms. The van der Waals surface area contributed by atoms with E-state index in [1.165, 1.54) is 0 Å². The fraction of sp³-hybridized carbons (Fsp3) is 0.310. The number of anilines is 2. The number of benzene rings is 3. The third-order valence-corrected chi connectivity index (χ3v) is 7.79. The van der Waals surface area contributed by atoms with Gasteiger partial charge in [-0.05, 0) is 42.8 Å². The first-order valence-electron chi connectivity index (χ1n) is 12.9. The van der Waals surface area contributed by atoms with Crippen molar-refractivity contribution in [2.24, 2.45) is 0 Å². The van der Waals surface area contributed by atoms with Crippen LogP contribution in [0.5, 0.6) is 0 Å². The van der Waals surface area contributed by atoms with Crippen molar-refractivity contribution < 1.29 is 23.1 Å². The summed E-state index contributed by atoms with van der Waals surface area (Å²) in [6.45, 7) is 4.95. The summed E-state index contributed by atoms with van der Waals surface area (Å²) in [5, 5.41) is 9.68. The Morgan fingerprint density at radius 2 is 1.80 bits per heavy atom. The molecular weight excluding hydrogens is 561 g/mol. The second-order valence-corrected chi connectivity index (χ2v) is 10.9. The van der Waals surface area contributed by atoms with Gasteiger partial charge in [0.2, 0.25) is 0 Å². The van der Waals surface area contributed by atoms with E-state index in [1.807, 2.05) is 13.0 Å². The summed E-state index contributed by atoms with van der Waals surface area (Å²) in [7, 11) is 0. The van der Waals surface area contributed by atoms with Crippen LogP contribution in [0.25, 0.3) is 0 Å². The van der Waals surface area contributed by atoms with Gasteiger partial charge in [0.1, 0.15) is 5.54 Å². The molecule has 7 nitrogen and oxygen atoms in total. The molecule has 0 saturated carbocycles. The van der Waals surface area contributed by atoms with Gasteiger partial charge in [0.15, 0.2) is 11.6 Å². The normalized spacial score (nSPS) is 19.6. The molecular formula is C29H28Cl2F2N4O3. The van der Waals surface area contributed by atoms with E-state index < -0.39 is 29.0 Å². The summed E-state index contributed by atoms with van der Waals surface area (Å²) < 4.78 is 34.4. The summed E-state index contributed by atoms with van der Waals surface area (Å²) in [5.74, 6) is -3.38. The zero-order valence-corrected chi connectivity index (χ0v) is 23.2. The average Bonchev–Trinajstić information content (AvgIpc) is 3.18. The third-order valence-electron chi connectivity index (χ3n) is 7.32. The lowest BCUT2D eigenvalue weighted by atomic mass is 9.84. The van der Waals surface area contributed by atoms with Crippen molar-refractivity contribution in [1.29, 1.82) is 0 Å². The largest absolute Gasteiger partial charge is 0.379 e. The van der Waals surface area contributed by atoms with Crippen molar-refractivity contribution in [2.45, 2.75) is 24.9 Å². The van der Waals surface area contributed by atoms with Crippen molar-refractivity contribution in [2.75, 3.05) is 43.5 Å². The molecule has 1 fully saturated rings. The molecule has 2 unspecified atom stereocenters. The highest BCUT2D eigenvalue weighted by molar-refractivity contribution is 6.31. The van der Waals surface area contributed by atoms with Crippen molar-refractivity contribution in [3.8, 4) is 0 Å². The predicted molar refractivity (Wildman–Crippen MR) is 151 cm³/mol. The number of hydrogen-bond acceptors (Lipinski definition) is 5. The molecule has 2 atom stereocenters. The molecule has 2 amide bonds. The van der Waals surface area contributed by atoms with Crippen molar-refractivity contribution >= 4 is 46.4 Å². The molecule has 40 heavy (non-hydrogen) atoms. The highest BCUT2D eigenvalue weighted by Gasteiger charge is 2.47. The zero-order chi connectivity index (χ0) is 28.4. The van der Waals surface area contributed by atoms with E-state index in [9.17, 15) is 18.4 Å². The van der Waals surface area contributed by atoms with Crippen molar-refractivity contribution in [3.63, 3.8) is 0 Å². The van der Waals surface area contributed by atoms with E-state index in [4.69, 9.17) is 27.9 Å². The van der Waals surface area contributed by atoms with Gasteiger partial charge in [-0.15, -0.1) is 0 Å². The molecule has 2 heterocycles. The Labute approximate surface area is 240 Å². The first kappa shape index (κ1) is 28.3. The van der Waals surface area contributed by atoms with Crippen LogP contribution in [0.1, 0.15) is 28.4 Å². The van der Waals surface area contributed by atoms with Gasteiger partial charge in [0.25, 0.3) is 11.8 Å². The quantitative estimate of drug-likeness (QED) is 0.336. The molecule has 0 radical (unpaired) electrons. The average molecular weight is 589 g/mol. The molecule has 11 heteroatoms. The molecule has 1 saturated heterocycles. The fourth-order valence-electron chi connectivity index (χ4n) is 5.19. The van der Waals surface area contributed by atoms with Gasteiger partial charge < -0.3 is 20.7 Å². The molecule has 2 aliphatic rings. The number of amides is 2. The highest BCUT2D eigenvalue weighted by Crippen LogP contribution is 2.43. The summed E-state index contributed by atoms with van der Waals surface area (Å²) in [6.07, 6.45) is 0.0994. The number of rotatable bonds is 8. The van der Waals surface area contributed by atoms with Crippen LogP contribution in [0.4, 0.5) is 20.2 Å². The molecule has 2 aliphatic heterocycles. The van der Waals surface area contributed by atoms with Gasteiger partial charge >= 0.3 is 0 Å². The number of carbonyl (C=O) groups excluding carboxylic acids is 2. The number of nitrogens with zero attached hydrogens (tertiary/aromatic N) is 1. The lowest BCUT2D eigenvalue weighted by Gasteiger charge is -2.33. The van der Waals surface area contributed by atoms with Crippen LogP contribution in [0, 0.1) is 11.6 Å². The Balaban J connectivity index is 1.50. The van der Waals surface area contributed by atoms with Crippen LogP contribution < -0.4 is 16.0 Å². The Kier molecular flexibility index (Phi) is 8.28. The van der Waals surface area contributed by atoms with E-state index >= 15 is 0 Å². The molecule has 3 aromatic carbocycles. The lowest BCUT2D eigenvalue weighted by Crippen LogP contribution is -2.47. The summed E-state index contributed by atoms with van der Waals surface area (Å²) >= 11 is 12.4. The van der Waals surface area contributed by atoms with Crippen LogP contribution in [-0.2, 0) is 21.5 Å². The van der Waals surface area contributed by atoms with Gasteiger partial charge in [-0.1, -0.05) is 41.4 Å². The smallest absolute Gasteiger partial charge is 0.255 e. The van der Waals surface area contributed by atoms with Crippen molar-refractivity contribution in [1.82, 2.24) is 10.2 Å². The zero-order valence-electron chi connectivity index (χ0n) is 21.7. The Bertz CT molecular complexity index is 1450. The predicted octanol–water partition coefficient (Wildman–Crippen LogP) is 5.22. The van der Waals surface area contributed by atoms with E-state index in [0.29, 0.717) is 40.1 Å². The van der Waals surface area contributed by atoms with E-state index in [1.54, 1.807) is 36.4 Å². The van der Waals surface area contributed by atoms with Gasteiger partial charge in [0, 0.05) is 59.5 Å². The van der Waals surface area contributed by atoms with Crippen molar-refractivity contribution in [3.05, 3.63) is 93.0 Å². The first-order valence-corrected chi connectivity index (χ1v) is 13.6. The molecule has 0 bridgehead atoms. The van der Waals surface area contributed by atoms with E-state index in [-0.39, 0.29) is 30.3 Å². The van der Waals surface area contributed by atoms with E-state index in [0.717, 1.165) is 25.2 Å². The van der Waals surface area contributed by atoms with Gasteiger partial charge in [-0.25, -0.2) is 8.78 Å². The molecule has 5 rings (SSSR count). The van der Waals surface area contributed by atoms with Gasteiger partial charge in [0.05, 0.1) is 24.5 Å². The number of halogens is 4. The fourth-order valence-corrected chi connectivity index (χ4v) is 5.58. The first-order chi connectivity index (χ1) is 19.2. The molecule has 3 aromatic rings. The number of hydrogen-bond donors (Lipinski definition) is 3. The SMILES string of the molecule is CC(CNC(=O)c1cc(F)c(F)cc1NC1(Cc2cccc(Cl)c2)C(=O)Nc2cc(Cl)ccc21)N1CCOCC1. The maximum absolute atomic E-state index is 14.6. The topological polar surface area (TPSA) is 82.7 Å². The highest BCUT2D eigenvalue weighted by atomic mass is 35.5. The number of ether oxygens (including phenoxy) is 1. The monoisotopic (exact) mass is 588 g/mol. The maximum Gasteiger partial charge on any atom is 0.255 e. The summed E-state index contributed by atoms with van der Waals surface area (Å²) in [4.78, 5) is 29.2. The minimum absolute atomic E-state index is 0.000890. The minimum atomic E-state index is -1.48. The van der Waals surface area contributed by atoms with Crippen LogP contribution >= 0.6 is 23.2 Å². The van der Waals surface area contributed by atoms with Crippen LogP contribution in [0.2, 0.25) is 10.0 Å². The third kappa shape index (κ3) is 5.78. The second kappa shape index (κ2) is 11.7. The number of nitrogens with one attached hydrogen (secondary N) is 3. The van der Waals surface area contributed by atoms with E-state index in [2.05, 4.69) is 20.9 Å². The summed E-state index contributed by atoms with van der Waals surface area (Å²) in [6, 6.07) is 13.7. The lowest BCUT2D eigenvalue weighted by molar-refractivity contribution is -0.119. The van der Waals surface area contributed by atoms with Crippen LogP contribution in [-0.4, -0.2) is 55.6 Å². The van der Waals surface area contributed by atoms with Gasteiger partial charge in [-0.2, -0.15) is 0 Å². The van der Waals surface area contributed by atoms with Crippen LogP contribution in [0.3, 0.4) is 0 Å². The Morgan fingerprint density at radius 3 is 2.55 bits per heavy atom. The number of fused-ring (bicyclic) bond motifs is 1.